The Balaban J connectivity index is 2.00. The van der Waals surface area contributed by atoms with Crippen molar-refractivity contribution in [2.75, 3.05) is 0 Å². The molecule has 0 fully saturated rings. The van der Waals surface area contributed by atoms with Crippen molar-refractivity contribution in [3.05, 3.63) is 70.3 Å². The summed E-state index contributed by atoms with van der Waals surface area (Å²) in [6, 6.07) is 13.6. The first-order chi connectivity index (χ1) is 11.6. The van der Waals surface area contributed by atoms with Crippen LogP contribution in [0.5, 0.6) is 0 Å². The van der Waals surface area contributed by atoms with Gasteiger partial charge in [-0.15, -0.1) is 4.91 Å². The van der Waals surface area contributed by atoms with Crippen molar-refractivity contribution >= 4 is 54.6 Å². The van der Waals surface area contributed by atoms with E-state index in [4.69, 9.17) is 15.7 Å². The van der Waals surface area contributed by atoms with Gasteiger partial charge in [0.2, 0.25) is 0 Å². The topological polar surface area (TPSA) is 59.4 Å². The second kappa shape index (κ2) is 5.27. The second-order valence-electron chi connectivity index (χ2n) is 5.53. The van der Waals surface area contributed by atoms with Crippen LogP contribution >= 0.6 is 0 Å². The molecule has 1 aliphatic carbocycles. The molecule has 1 aliphatic rings. The van der Waals surface area contributed by atoms with Crippen LogP contribution in [0.3, 0.4) is 0 Å². The highest BCUT2D eigenvalue weighted by atomic mass is 16.3. The van der Waals surface area contributed by atoms with Crippen molar-refractivity contribution in [3.8, 4) is 0 Å². The number of nitroso groups, excluding NO2 is 1. The third kappa shape index (κ3) is 1.96. The van der Waals surface area contributed by atoms with Crippen molar-refractivity contribution in [3.63, 3.8) is 0 Å². The van der Waals surface area contributed by atoms with Crippen LogP contribution in [0, 0.1) is 4.91 Å². The van der Waals surface area contributed by atoms with Crippen LogP contribution in [-0.4, -0.2) is 26.5 Å². The number of hydrogen-bond donors (Lipinski definition) is 0. The molecule has 3 aromatic rings. The number of fused-ring (bicyclic) bond motifs is 2. The fourth-order valence-electron chi connectivity index (χ4n) is 3.00. The highest BCUT2D eigenvalue weighted by molar-refractivity contribution is 6.45. The van der Waals surface area contributed by atoms with Gasteiger partial charge in [-0.3, -0.25) is 4.79 Å². The van der Waals surface area contributed by atoms with Gasteiger partial charge in [-0.1, -0.05) is 53.4 Å². The standard InChI is InChI=1S/C18H8B2N2O2/c19-12-6-7-13(20)16-11(12)5-8-14(21-16)15-17(22-24)9-3-1-2-4-10(9)18(15)23/h1-8H. The lowest BCUT2D eigenvalue weighted by Gasteiger charge is -2.08. The molecule has 4 radical (unpaired) electrons. The smallest absolute Gasteiger partial charge is 0.198 e. The molecule has 24 heavy (non-hydrogen) atoms. The van der Waals surface area contributed by atoms with Crippen LogP contribution in [-0.2, 0) is 0 Å². The van der Waals surface area contributed by atoms with Gasteiger partial charge >= 0.3 is 0 Å². The number of allylic oxidation sites excluding steroid dienone is 1. The van der Waals surface area contributed by atoms with E-state index in [1.54, 1.807) is 48.5 Å². The van der Waals surface area contributed by atoms with Crippen LogP contribution in [0.25, 0.3) is 22.2 Å². The van der Waals surface area contributed by atoms with E-state index in [0.29, 0.717) is 38.6 Å². The number of nitrogens with zero attached hydrogens (tertiary/aromatic N) is 2. The Morgan fingerprint density at radius 3 is 2.33 bits per heavy atom. The SMILES string of the molecule is [B]c1ccc([B])c2nc(C3=C(N=O)c4ccccc4C3=O)ccc12. The molecule has 0 spiro atoms. The molecule has 4 nitrogen and oxygen atoms in total. The molecular formula is C18H8B2N2O2. The van der Waals surface area contributed by atoms with Crippen molar-refractivity contribution < 1.29 is 4.79 Å². The van der Waals surface area contributed by atoms with Crippen LogP contribution in [0.15, 0.2) is 53.7 Å². The number of rotatable bonds is 2. The number of pyridine rings is 1. The number of carbonyl (C=O) groups excluding carboxylic acids is 1. The molecule has 0 atom stereocenters. The Labute approximate surface area is 140 Å². The van der Waals surface area contributed by atoms with Crippen molar-refractivity contribution in [2.45, 2.75) is 0 Å². The molecule has 1 heterocycles. The summed E-state index contributed by atoms with van der Waals surface area (Å²) in [5.41, 5.74) is 3.11. The van der Waals surface area contributed by atoms with Gasteiger partial charge in [0.15, 0.2) is 5.78 Å². The number of Topliss-reactive ketones (excluding diaryl/α,β-unsaturated/α-hetero) is 1. The summed E-state index contributed by atoms with van der Waals surface area (Å²) in [7, 11) is 11.9. The largest absolute Gasteiger partial charge is 0.288 e. The van der Waals surface area contributed by atoms with Crippen molar-refractivity contribution in [2.24, 2.45) is 5.18 Å². The monoisotopic (exact) mass is 306 g/mol. The summed E-state index contributed by atoms with van der Waals surface area (Å²) in [4.78, 5) is 28.5. The van der Waals surface area contributed by atoms with E-state index < -0.39 is 0 Å². The first-order valence-corrected chi connectivity index (χ1v) is 7.28. The molecule has 108 valence electrons. The van der Waals surface area contributed by atoms with Gasteiger partial charge in [0.1, 0.15) is 21.4 Å². The van der Waals surface area contributed by atoms with Crippen molar-refractivity contribution in [1.29, 1.82) is 0 Å². The predicted molar refractivity (Wildman–Crippen MR) is 95.9 cm³/mol. The zero-order valence-electron chi connectivity index (χ0n) is 12.5. The quantitative estimate of drug-likeness (QED) is 0.534. The van der Waals surface area contributed by atoms with Gasteiger partial charge in [0.05, 0.1) is 16.8 Å². The van der Waals surface area contributed by atoms with E-state index in [9.17, 15) is 9.70 Å². The third-order valence-corrected chi connectivity index (χ3v) is 4.16. The van der Waals surface area contributed by atoms with E-state index in [1.807, 2.05) is 0 Å². The summed E-state index contributed by atoms with van der Waals surface area (Å²) < 4.78 is 0. The maximum atomic E-state index is 12.7. The zero-order valence-corrected chi connectivity index (χ0v) is 12.5. The van der Waals surface area contributed by atoms with E-state index in [2.05, 4.69) is 10.2 Å². The fourth-order valence-corrected chi connectivity index (χ4v) is 3.00. The molecule has 6 heteroatoms. The lowest BCUT2D eigenvalue weighted by atomic mass is 9.84. The summed E-state index contributed by atoms with van der Waals surface area (Å²) in [6.45, 7) is 0. The number of carbonyl (C=O) groups is 1. The van der Waals surface area contributed by atoms with Gasteiger partial charge in [0, 0.05) is 11.1 Å². The maximum Gasteiger partial charge on any atom is 0.198 e. The fraction of sp³-hybridized carbons (Fsp3) is 0. The zero-order chi connectivity index (χ0) is 16.8. The number of hydrogen-bond acceptors (Lipinski definition) is 4. The average Bonchev–Trinajstić information content (AvgIpc) is 2.90. The first kappa shape index (κ1) is 14.6. The van der Waals surface area contributed by atoms with Gasteiger partial charge in [0.25, 0.3) is 0 Å². The minimum Gasteiger partial charge on any atom is -0.288 e. The molecule has 0 saturated carbocycles. The Kier molecular flexibility index (Phi) is 3.20. The molecule has 2 aromatic carbocycles. The lowest BCUT2D eigenvalue weighted by Crippen LogP contribution is -2.15. The highest BCUT2D eigenvalue weighted by Crippen LogP contribution is 2.38. The minimum absolute atomic E-state index is 0.102. The maximum absolute atomic E-state index is 12.7. The Morgan fingerprint density at radius 1 is 0.875 bits per heavy atom. The van der Waals surface area contributed by atoms with E-state index in [1.165, 1.54) is 0 Å². The predicted octanol–water partition coefficient (Wildman–Crippen LogP) is 1.65. The molecule has 0 aliphatic heterocycles. The molecule has 0 N–H and O–H groups in total. The Bertz CT molecular complexity index is 1070. The first-order valence-electron chi connectivity index (χ1n) is 7.28. The second-order valence-corrected chi connectivity index (χ2v) is 5.53. The lowest BCUT2D eigenvalue weighted by molar-refractivity contribution is 0.105. The number of benzene rings is 2. The average molecular weight is 306 g/mol. The van der Waals surface area contributed by atoms with E-state index in [0.717, 1.165) is 0 Å². The van der Waals surface area contributed by atoms with Gasteiger partial charge < -0.3 is 0 Å². The van der Waals surface area contributed by atoms with Crippen LogP contribution in [0.1, 0.15) is 21.6 Å². The van der Waals surface area contributed by atoms with E-state index >= 15 is 0 Å². The molecule has 4 rings (SSSR count). The third-order valence-electron chi connectivity index (χ3n) is 4.16. The molecule has 0 amide bonds. The van der Waals surface area contributed by atoms with Gasteiger partial charge in [-0.25, -0.2) is 4.98 Å². The summed E-state index contributed by atoms with van der Waals surface area (Å²) in [5.74, 6) is -0.269. The molecule has 0 saturated heterocycles. The van der Waals surface area contributed by atoms with Crippen LogP contribution < -0.4 is 10.9 Å². The van der Waals surface area contributed by atoms with Crippen LogP contribution in [0.4, 0.5) is 0 Å². The summed E-state index contributed by atoms with van der Waals surface area (Å²) in [5, 5.41) is 3.77. The van der Waals surface area contributed by atoms with Crippen molar-refractivity contribution in [1.82, 2.24) is 4.98 Å². The number of aromatic nitrogens is 1. The van der Waals surface area contributed by atoms with Gasteiger partial charge in [-0.05, 0) is 16.6 Å². The minimum atomic E-state index is -0.269. The molecular weight excluding hydrogens is 298 g/mol. The molecule has 1 aromatic heterocycles. The number of ketones is 1. The molecule has 0 unspecified atom stereocenters. The van der Waals surface area contributed by atoms with E-state index in [-0.39, 0.29) is 17.1 Å². The van der Waals surface area contributed by atoms with Crippen LogP contribution in [0.2, 0.25) is 0 Å². The summed E-state index contributed by atoms with van der Waals surface area (Å²) >= 11 is 0. The highest BCUT2D eigenvalue weighted by Gasteiger charge is 2.32. The normalized spacial score (nSPS) is 13.4. The van der Waals surface area contributed by atoms with Gasteiger partial charge in [-0.2, -0.15) is 0 Å². The summed E-state index contributed by atoms with van der Waals surface area (Å²) in [6.07, 6.45) is 0. The Hall–Kier alpha value is -3.01. The molecule has 0 bridgehead atoms. The Morgan fingerprint density at radius 2 is 1.58 bits per heavy atom.